The third kappa shape index (κ3) is 5.64. The van der Waals surface area contributed by atoms with Crippen LogP contribution >= 0.6 is 23.5 Å². The zero-order valence-electron chi connectivity index (χ0n) is 40.6. The number of benzene rings is 7. The van der Waals surface area contributed by atoms with E-state index < -0.39 is 0 Å². The molecule has 0 saturated carbocycles. The van der Waals surface area contributed by atoms with Crippen molar-refractivity contribution in [2.75, 3.05) is 0 Å². The maximum atomic E-state index is 2.73. The van der Waals surface area contributed by atoms with E-state index in [-0.39, 0.29) is 6.71 Å². The Morgan fingerprint density at radius 3 is 1.36 bits per heavy atom. The molecule has 0 bridgehead atoms. The number of nitrogens with zero attached hydrogens (tertiary/aromatic N) is 4. The molecule has 7 aromatic carbocycles. The fourth-order valence-electron chi connectivity index (χ4n) is 15.1. The summed E-state index contributed by atoms with van der Waals surface area (Å²) >= 11 is 4.08. The highest BCUT2D eigenvalue weighted by Gasteiger charge is 2.42. The van der Waals surface area contributed by atoms with E-state index in [1.165, 1.54) is 176 Å². The number of rotatable bonds is 4. The highest BCUT2D eigenvalue weighted by molar-refractivity contribution is 8.01. The maximum absolute atomic E-state index is 2.73. The Balaban J connectivity index is 0.965. The second kappa shape index (κ2) is 15.5. The van der Waals surface area contributed by atoms with E-state index in [1.807, 2.05) is 11.8 Å². The quantitative estimate of drug-likeness (QED) is 0.129. The molecule has 0 N–H and O–H groups in total. The van der Waals surface area contributed by atoms with Gasteiger partial charge in [-0.1, -0.05) is 120 Å². The predicted octanol–water partition coefficient (Wildman–Crippen LogP) is 14.0. The summed E-state index contributed by atoms with van der Waals surface area (Å²) in [5.41, 5.74) is 27.3. The number of para-hydroxylation sites is 4. The van der Waals surface area contributed by atoms with Crippen LogP contribution in [0.5, 0.6) is 0 Å². The Hall–Kier alpha value is -6.54. The largest absolute Gasteiger partial charge is 0.313 e. The van der Waals surface area contributed by atoms with Crippen LogP contribution in [-0.4, -0.2) is 25.0 Å². The Bertz CT molecular complexity index is 4180. The smallest absolute Gasteiger partial charge is 0.247 e. The number of aromatic nitrogens is 4. The van der Waals surface area contributed by atoms with Crippen LogP contribution in [0.2, 0.25) is 0 Å². The Morgan fingerprint density at radius 1 is 0.333 bits per heavy atom. The predicted molar refractivity (Wildman–Crippen MR) is 302 cm³/mol. The number of aryl methyl sites for hydroxylation is 4. The molecule has 7 heteroatoms. The van der Waals surface area contributed by atoms with Crippen LogP contribution in [0.25, 0.3) is 66.4 Å². The minimum absolute atomic E-state index is 0.0721. The lowest BCUT2D eigenvalue weighted by Gasteiger charge is -2.35. The SMILES string of the molecule is c1ccc2c(c1)c1c(n2-c2cc3c4c(c2)Sc2c(cc(-n5c6c(c7ccccc75)CCC6)cc2-n2c5c(c6ccccc62)CCC5)B4c2ccc(-n4c5c(c6ccccc64)CCCC5)cc2S3)CCCCC1. The summed E-state index contributed by atoms with van der Waals surface area (Å²) in [6, 6.07) is 55.1. The first-order valence-electron chi connectivity index (χ1n) is 27.1. The molecule has 0 radical (unpaired) electrons. The molecule has 348 valence electrons. The molecular weight excluding hydrogens is 912 g/mol. The second-order valence-corrected chi connectivity index (χ2v) is 23.8. The van der Waals surface area contributed by atoms with Crippen LogP contribution in [0, 0.1) is 0 Å². The van der Waals surface area contributed by atoms with Crippen molar-refractivity contribution in [2.45, 2.75) is 116 Å². The third-order valence-corrected chi connectivity index (χ3v) is 20.3. The molecule has 72 heavy (non-hydrogen) atoms. The fraction of sp³-hybridized carbons (Fsp3) is 0.231. The Kier molecular flexibility index (Phi) is 8.82. The fourth-order valence-corrected chi connectivity index (χ4v) is 17.7. The summed E-state index contributed by atoms with van der Waals surface area (Å²) in [6.45, 7) is 0.0721. The molecule has 6 aliphatic rings. The Morgan fingerprint density at radius 2 is 0.764 bits per heavy atom. The number of hydrogen-bond donors (Lipinski definition) is 0. The van der Waals surface area contributed by atoms with E-state index >= 15 is 0 Å². The molecule has 0 atom stereocenters. The molecule has 4 aliphatic carbocycles. The summed E-state index contributed by atoms with van der Waals surface area (Å²) < 4.78 is 10.7. The lowest BCUT2D eigenvalue weighted by atomic mass is 9.36. The summed E-state index contributed by atoms with van der Waals surface area (Å²) in [5, 5.41) is 5.72. The van der Waals surface area contributed by atoms with Crippen LogP contribution in [0.4, 0.5) is 0 Å². The molecule has 2 aliphatic heterocycles. The minimum atomic E-state index is 0.0721. The van der Waals surface area contributed by atoms with Gasteiger partial charge in [-0.05, 0) is 178 Å². The van der Waals surface area contributed by atoms with Crippen molar-refractivity contribution < 1.29 is 0 Å². The minimum Gasteiger partial charge on any atom is -0.313 e. The van der Waals surface area contributed by atoms with E-state index in [1.54, 1.807) is 22.3 Å². The summed E-state index contributed by atoms with van der Waals surface area (Å²) in [6.07, 6.45) is 17.9. The highest BCUT2D eigenvalue weighted by atomic mass is 32.2. The molecular formula is C65H53BN4S2. The van der Waals surface area contributed by atoms with Gasteiger partial charge in [-0.25, -0.2) is 0 Å². The topological polar surface area (TPSA) is 19.7 Å². The zero-order chi connectivity index (χ0) is 46.8. The van der Waals surface area contributed by atoms with Crippen molar-refractivity contribution in [1.82, 2.24) is 18.3 Å². The summed E-state index contributed by atoms with van der Waals surface area (Å²) in [5.74, 6) is 0. The number of fused-ring (bicyclic) bond motifs is 16. The van der Waals surface area contributed by atoms with Gasteiger partial charge in [0.1, 0.15) is 0 Å². The molecule has 17 rings (SSSR count). The molecule has 4 aromatic heterocycles. The molecule has 0 amide bonds. The van der Waals surface area contributed by atoms with Gasteiger partial charge in [0.05, 0.1) is 27.8 Å². The molecule has 6 heterocycles. The van der Waals surface area contributed by atoms with Gasteiger partial charge in [-0.2, -0.15) is 0 Å². The first-order chi connectivity index (χ1) is 35.7. The Labute approximate surface area is 429 Å². The average molecular weight is 965 g/mol. The van der Waals surface area contributed by atoms with Gasteiger partial charge in [-0.3, -0.25) is 0 Å². The molecule has 0 fully saturated rings. The van der Waals surface area contributed by atoms with E-state index in [4.69, 9.17) is 0 Å². The van der Waals surface area contributed by atoms with Gasteiger partial charge < -0.3 is 18.3 Å². The van der Waals surface area contributed by atoms with Gasteiger partial charge in [0.2, 0.25) is 6.71 Å². The first-order valence-corrected chi connectivity index (χ1v) is 28.7. The lowest BCUT2D eigenvalue weighted by molar-refractivity contribution is 0.666. The van der Waals surface area contributed by atoms with Gasteiger partial charge in [0.15, 0.2) is 0 Å². The monoisotopic (exact) mass is 964 g/mol. The molecule has 4 nitrogen and oxygen atoms in total. The molecule has 0 unspecified atom stereocenters. The molecule has 0 saturated heterocycles. The maximum Gasteiger partial charge on any atom is 0.247 e. The summed E-state index contributed by atoms with van der Waals surface area (Å²) in [4.78, 5) is 5.60. The summed E-state index contributed by atoms with van der Waals surface area (Å²) in [7, 11) is 0. The van der Waals surface area contributed by atoms with Crippen LogP contribution in [0.1, 0.15) is 90.0 Å². The second-order valence-electron chi connectivity index (χ2n) is 21.7. The lowest BCUT2D eigenvalue weighted by Crippen LogP contribution is -2.58. The van der Waals surface area contributed by atoms with Gasteiger partial charge in [-0.15, -0.1) is 0 Å². The van der Waals surface area contributed by atoms with Crippen LogP contribution < -0.4 is 16.4 Å². The molecule has 0 spiro atoms. The normalized spacial score (nSPS) is 16.5. The van der Waals surface area contributed by atoms with Gasteiger partial charge >= 0.3 is 0 Å². The van der Waals surface area contributed by atoms with E-state index in [0.717, 1.165) is 44.9 Å². The molecule has 11 aromatic rings. The van der Waals surface area contributed by atoms with E-state index in [0.29, 0.717) is 0 Å². The van der Waals surface area contributed by atoms with Gasteiger partial charge in [0, 0.05) is 81.0 Å². The van der Waals surface area contributed by atoms with Crippen molar-refractivity contribution in [3.8, 4) is 22.7 Å². The standard InChI is InChI=1S/C65H53BN4S2/c1-2-16-42-45-19-6-12-28-56(45)69(54(42)24-3-1)41-37-62-64-63(38-41)72-65-51(66(64)50-33-32-39(36-61(50)71-62)67-52-25-9-4-17-43(52)44-18-5-10-26-53(44)67)34-40(68-55-27-11-7-20-46(55)48-22-14-30-57(48)68)35-60(65)70-58-29-13-8-21-47(58)49-23-15-31-59(49)70/h4,6-9,11-13,17,19-21,25,27-29,32-38H,1-3,5,10,14-16,18,22-24,26,30-31H2. The van der Waals surface area contributed by atoms with Crippen molar-refractivity contribution in [3.63, 3.8) is 0 Å². The third-order valence-electron chi connectivity index (χ3n) is 18.0. The van der Waals surface area contributed by atoms with Crippen LogP contribution in [0.3, 0.4) is 0 Å². The van der Waals surface area contributed by atoms with E-state index in [2.05, 4.69) is 170 Å². The van der Waals surface area contributed by atoms with Gasteiger partial charge in [0.25, 0.3) is 0 Å². The van der Waals surface area contributed by atoms with Crippen molar-refractivity contribution in [2.24, 2.45) is 0 Å². The zero-order valence-corrected chi connectivity index (χ0v) is 42.2. The van der Waals surface area contributed by atoms with E-state index in [9.17, 15) is 0 Å². The number of hydrogen-bond acceptors (Lipinski definition) is 2. The highest BCUT2D eigenvalue weighted by Crippen LogP contribution is 2.48. The van der Waals surface area contributed by atoms with Crippen molar-refractivity contribution in [1.29, 1.82) is 0 Å². The van der Waals surface area contributed by atoms with Crippen molar-refractivity contribution in [3.05, 3.63) is 185 Å². The van der Waals surface area contributed by atoms with Crippen LogP contribution in [0.15, 0.2) is 159 Å². The van der Waals surface area contributed by atoms with Crippen LogP contribution in [-0.2, 0) is 51.4 Å². The average Bonchev–Trinajstić information content (AvgIpc) is 4.27. The first kappa shape index (κ1) is 41.0. The van der Waals surface area contributed by atoms with Crippen molar-refractivity contribution >= 4 is 90.2 Å².